The molecule has 0 saturated heterocycles. The molecule has 94 valence electrons. The zero-order valence-corrected chi connectivity index (χ0v) is 12.6. The average molecular weight is 375 g/mol. The number of hydrogen-bond donors (Lipinski definition) is 0. The van der Waals surface area contributed by atoms with Gasteiger partial charge in [0.1, 0.15) is 0 Å². The van der Waals surface area contributed by atoms with Gasteiger partial charge in [-0.05, 0) is 28.1 Å². The Kier molecular flexibility index (Phi) is 4.08. The van der Waals surface area contributed by atoms with Crippen molar-refractivity contribution in [1.82, 2.24) is 0 Å². The molecule has 18 heavy (non-hydrogen) atoms. The summed E-state index contributed by atoms with van der Waals surface area (Å²) in [4.78, 5) is 0. The number of methoxy groups -OCH3 is 1. The SMILES string of the molecule is COc1ccccc1Oc1c[n+]([O-])c(Br)cc1Br. The summed E-state index contributed by atoms with van der Waals surface area (Å²) in [6.45, 7) is 0. The van der Waals surface area contributed by atoms with E-state index in [9.17, 15) is 5.21 Å². The molecule has 1 aromatic carbocycles. The standard InChI is InChI=1S/C12H9Br2NO3/c1-17-9-4-2-3-5-10(9)18-11-7-15(16)12(14)6-8(11)13/h2-7H,1H3. The van der Waals surface area contributed by atoms with Gasteiger partial charge in [0.05, 0.1) is 11.6 Å². The Labute approximate surface area is 121 Å². The van der Waals surface area contributed by atoms with Crippen LogP contribution in [0.3, 0.4) is 0 Å². The van der Waals surface area contributed by atoms with Gasteiger partial charge in [0, 0.05) is 22.0 Å². The van der Waals surface area contributed by atoms with Gasteiger partial charge in [0.2, 0.25) is 11.9 Å². The van der Waals surface area contributed by atoms with Crippen LogP contribution in [-0.2, 0) is 0 Å². The minimum absolute atomic E-state index is 0.404. The van der Waals surface area contributed by atoms with Gasteiger partial charge < -0.3 is 14.7 Å². The second-order valence-corrected chi connectivity index (χ2v) is 5.05. The highest BCUT2D eigenvalue weighted by Gasteiger charge is 2.13. The Morgan fingerprint density at radius 1 is 1.11 bits per heavy atom. The average Bonchev–Trinajstić information content (AvgIpc) is 2.36. The van der Waals surface area contributed by atoms with E-state index in [0.29, 0.717) is 31.1 Å². The molecule has 0 atom stereocenters. The lowest BCUT2D eigenvalue weighted by atomic mass is 10.3. The first-order valence-corrected chi connectivity index (χ1v) is 6.59. The van der Waals surface area contributed by atoms with E-state index in [0.717, 1.165) is 0 Å². The van der Waals surface area contributed by atoms with Gasteiger partial charge in [-0.25, -0.2) is 0 Å². The molecule has 0 radical (unpaired) electrons. The Morgan fingerprint density at radius 2 is 1.78 bits per heavy atom. The van der Waals surface area contributed by atoms with Gasteiger partial charge in [-0.15, -0.1) is 0 Å². The minimum atomic E-state index is 0.404. The van der Waals surface area contributed by atoms with E-state index in [4.69, 9.17) is 9.47 Å². The van der Waals surface area contributed by atoms with E-state index in [1.165, 1.54) is 6.20 Å². The fourth-order valence-electron chi connectivity index (χ4n) is 1.37. The first kappa shape index (κ1) is 13.2. The fraction of sp³-hybridized carbons (Fsp3) is 0.0833. The van der Waals surface area contributed by atoms with Crippen LogP contribution >= 0.6 is 31.9 Å². The first-order valence-electron chi connectivity index (χ1n) is 5.01. The molecule has 2 aromatic rings. The summed E-state index contributed by atoms with van der Waals surface area (Å²) >= 11 is 6.47. The molecule has 1 aromatic heterocycles. The lowest BCUT2D eigenvalue weighted by Crippen LogP contribution is -2.27. The maximum Gasteiger partial charge on any atom is 0.260 e. The zero-order chi connectivity index (χ0) is 13.1. The Bertz CT molecular complexity index is 575. The summed E-state index contributed by atoms with van der Waals surface area (Å²) in [7, 11) is 1.56. The molecule has 0 aliphatic carbocycles. The minimum Gasteiger partial charge on any atom is -0.618 e. The molecule has 0 aliphatic heterocycles. The molecule has 0 aliphatic rings. The monoisotopic (exact) mass is 373 g/mol. The Morgan fingerprint density at radius 3 is 2.44 bits per heavy atom. The number of benzene rings is 1. The number of aromatic nitrogens is 1. The van der Waals surface area contributed by atoms with E-state index in [2.05, 4.69) is 31.9 Å². The van der Waals surface area contributed by atoms with Crippen molar-refractivity contribution in [2.24, 2.45) is 0 Å². The van der Waals surface area contributed by atoms with Crippen LogP contribution in [0.4, 0.5) is 0 Å². The van der Waals surface area contributed by atoms with Crippen LogP contribution in [0.15, 0.2) is 45.6 Å². The number of halogens is 2. The lowest BCUT2D eigenvalue weighted by Gasteiger charge is -2.11. The molecule has 6 heteroatoms. The normalized spacial score (nSPS) is 10.2. The number of nitrogens with zero attached hydrogens (tertiary/aromatic N) is 1. The van der Waals surface area contributed by atoms with E-state index in [1.54, 1.807) is 25.3 Å². The van der Waals surface area contributed by atoms with Crippen molar-refractivity contribution in [3.63, 3.8) is 0 Å². The van der Waals surface area contributed by atoms with E-state index < -0.39 is 0 Å². The molecular weight excluding hydrogens is 366 g/mol. The third-order valence-corrected chi connectivity index (χ3v) is 3.41. The summed E-state index contributed by atoms with van der Waals surface area (Å²) in [6.07, 6.45) is 1.33. The first-order chi connectivity index (χ1) is 8.61. The van der Waals surface area contributed by atoms with Crippen LogP contribution in [0.5, 0.6) is 17.2 Å². The number of ether oxygens (including phenoxy) is 2. The van der Waals surface area contributed by atoms with Crippen LogP contribution in [-0.4, -0.2) is 7.11 Å². The quantitative estimate of drug-likeness (QED) is 0.468. The van der Waals surface area contributed by atoms with Crippen LogP contribution in [0.1, 0.15) is 0 Å². The number of para-hydroxylation sites is 2. The van der Waals surface area contributed by atoms with Gasteiger partial charge in [0.25, 0.3) is 4.60 Å². The molecule has 0 fully saturated rings. The summed E-state index contributed by atoms with van der Waals surface area (Å²) < 4.78 is 12.6. The lowest BCUT2D eigenvalue weighted by molar-refractivity contribution is -0.617. The van der Waals surface area contributed by atoms with E-state index in [1.807, 2.05) is 12.1 Å². The summed E-state index contributed by atoms with van der Waals surface area (Å²) in [5.41, 5.74) is 0. The third-order valence-electron chi connectivity index (χ3n) is 2.22. The van der Waals surface area contributed by atoms with Crippen molar-refractivity contribution >= 4 is 31.9 Å². The maximum atomic E-state index is 11.5. The summed E-state index contributed by atoms with van der Waals surface area (Å²) in [5.74, 6) is 1.56. The highest BCUT2D eigenvalue weighted by molar-refractivity contribution is 9.11. The van der Waals surface area contributed by atoms with Gasteiger partial charge >= 0.3 is 0 Å². The van der Waals surface area contributed by atoms with Crippen molar-refractivity contribution in [1.29, 1.82) is 0 Å². The number of pyridine rings is 1. The summed E-state index contributed by atoms with van der Waals surface area (Å²) in [6, 6.07) is 8.85. The van der Waals surface area contributed by atoms with Crippen LogP contribution < -0.4 is 14.2 Å². The van der Waals surface area contributed by atoms with Crippen molar-refractivity contribution in [3.05, 3.63) is 50.8 Å². The van der Waals surface area contributed by atoms with Gasteiger partial charge in [0.15, 0.2) is 11.5 Å². The molecule has 0 unspecified atom stereocenters. The second kappa shape index (κ2) is 5.58. The molecule has 4 nitrogen and oxygen atoms in total. The predicted molar refractivity (Wildman–Crippen MR) is 73.9 cm³/mol. The third kappa shape index (κ3) is 2.76. The van der Waals surface area contributed by atoms with Crippen LogP contribution in [0, 0.1) is 5.21 Å². The molecule has 2 rings (SSSR count). The highest BCUT2D eigenvalue weighted by Crippen LogP contribution is 2.34. The molecule has 0 N–H and O–H groups in total. The molecule has 1 heterocycles. The highest BCUT2D eigenvalue weighted by atomic mass is 79.9. The molecule has 0 spiro atoms. The predicted octanol–water partition coefficient (Wildman–Crippen LogP) is 3.65. The maximum absolute atomic E-state index is 11.5. The smallest absolute Gasteiger partial charge is 0.260 e. The summed E-state index contributed by atoms with van der Waals surface area (Å²) in [5, 5.41) is 11.5. The number of rotatable bonds is 3. The van der Waals surface area contributed by atoms with Gasteiger partial charge in [-0.2, -0.15) is 4.73 Å². The van der Waals surface area contributed by atoms with Gasteiger partial charge in [-0.1, -0.05) is 12.1 Å². The van der Waals surface area contributed by atoms with Gasteiger partial charge in [-0.3, -0.25) is 0 Å². The molecule has 0 saturated carbocycles. The fourth-order valence-corrected chi connectivity index (χ4v) is 2.40. The second-order valence-electron chi connectivity index (χ2n) is 3.39. The van der Waals surface area contributed by atoms with Crippen molar-refractivity contribution in [3.8, 4) is 17.2 Å². The number of hydrogen-bond acceptors (Lipinski definition) is 3. The van der Waals surface area contributed by atoms with Crippen molar-refractivity contribution in [2.75, 3.05) is 7.11 Å². The van der Waals surface area contributed by atoms with Crippen LogP contribution in [0.25, 0.3) is 0 Å². The topological polar surface area (TPSA) is 45.4 Å². The largest absolute Gasteiger partial charge is 0.618 e. The zero-order valence-electron chi connectivity index (χ0n) is 9.39. The van der Waals surface area contributed by atoms with Crippen molar-refractivity contribution in [2.45, 2.75) is 0 Å². The Hall–Kier alpha value is -1.27. The molecular formula is C12H9Br2NO3. The van der Waals surface area contributed by atoms with Crippen LogP contribution in [0.2, 0.25) is 0 Å². The van der Waals surface area contributed by atoms with Crippen molar-refractivity contribution < 1.29 is 14.2 Å². The Balaban J connectivity index is 2.37. The van der Waals surface area contributed by atoms with E-state index >= 15 is 0 Å². The molecule has 0 amide bonds. The van der Waals surface area contributed by atoms with E-state index in [-0.39, 0.29) is 0 Å². The molecule has 0 bridgehead atoms.